The van der Waals surface area contributed by atoms with Crippen molar-refractivity contribution in [2.45, 2.75) is 46.1 Å². The summed E-state index contributed by atoms with van der Waals surface area (Å²) in [6.45, 7) is 6.69. The first-order valence-corrected chi connectivity index (χ1v) is 11.2. The average molecular weight is 429 g/mol. The number of nitrogens with zero attached hydrogens (tertiary/aromatic N) is 3. The van der Waals surface area contributed by atoms with E-state index in [1.165, 1.54) is 17.4 Å². The SMILES string of the molecule is CCC(CC)c1nnc(NC(=O)/C=C/c2ccc(OCc3csc(C)n3)cc2)s1. The fourth-order valence-corrected chi connectivity index (χ4v) is 4.32. The minimum Gasteiger partial charge on any atom is -0.487 e. The van der Waals surface area contributed by atoms with Crippen LogP contribution in [0, 0.1) is 6.92 Å². The molecule has 1 amide bonds. The van der Waals surface area contributed by atoms with Crippen LogP contribution in [0.4, 0.5) is 5.13 Å². The highest BCUT2D eigenvalue weighted by Gasteiger charge is 2.13. The lowest BCUT2D eigenvalue weighted by Gasteiger charge is -2.05. The molecule has 0 spiro atoms. The number of aryl methyl sites for hydroxylation is 1. The average Bonchev–Trinajstić information content (AvgIpc) is 3.35. The Hall–Kier alpha value is -2.58. The van der Waals surface area contributed by atoms with E-state index in [1.807, 2.05) is 36.6 Å². The van der Waals surface area contributed by atoms with Crippen molar-refractivity contribution in [3.63, 3.8) is 0 Å². The van der Waals surface area contributed by atoms with Gasteiger partial charge < -0.3 is 4.74 Å². The Balaban J connectivity index is 1.50. The van der Waals surface area contributed by atoms with Gasteiger partial charge >= 0.3 is 0 Å². The van der Waals surface area contributed by atoms with Gasteiger partial charge in [0.2, 0.25) is 11.0 Å². The van der Waals surface area contributed by atoms with E-state index in [9.17, 15) is 4.79 Å². The molecule has 2 aromatic heterocycles. The first-order chi connectivity index (χ1) is 14.1. The van der Waals surface area contributed by atoms with Crippen molar-refractivity contribution in [2.24, 2.45) is 0 Å². The van der Waals surface area contributed by atoms with E-state index < -0.39 is 0 Å². The zero-order chi connectivity index (χ0) is 20.6. The molecule has 0 aliphatic carbocycles. The Labute approximate surface area is 178 Å². The zero-order valence-corrected chi connectivity index (χ0v) is 18.3. The maximum absolute atomic E-state index is 12.1. The Morgan fingerprint density at radius 1 is 1.21 bits per heavy atom. The minimum atomic E-state index is -0.225. The number of hydrogen-bond acceptors (Lipinski definition) is 7. The van der Waals surface area contributed by atoms with E-state index in [1.54, 1.807) is 17.4 Å². The quantitative estimate of drug-likeness (QED) is 0.459. The smallest absolute Gasteiger partial charge is 0.250 e. The van der Waals surface area contributed by atoms with Crippen LogP contribution < -0.4 is 10.1 Å². The molecule has 152 valence electrons. The highest BCUT2D eigenvalue weighted by Crippen LogP contribution is 2.28. The van der Waals surface area contributed by atoms with Gasteiger partial charge in [-0.2, -0.15) is 0 Å². The van der Waals surface area contributed by atoms with Crippen LogP contribution in [-0.2, 0) is 11.4 Å². The maximum atomic E-state index is 12.1. The number of anilines is 1. The highest BCUT2D eigenvalue weighted by atomic mass is 32.1. The molecular formula is C21H24N4O2S2. The molecule has 0 unspecified atom stereocenters. The number of aromatic nitrogens is 3. The summed E-state index contributed by atoms with van der Waals surface area (Å²) < 4.78 is 5.73. The van der Waals surface area contributed by atoms with Gasteiger partial charge in [0, 0.05) is 17.4 Å². The van der Waals surface area contributed by atoms with Crippen molar-refractivity contribution in [2.75, 3.05) is 5.32 Å². The maximum Gasteiger partial charge on any atom is 0.250 e. The summed E-state index contributed by atoms with van der Waals surface area (Å²) in [7, 11) is 0. The summed E-state index contributed by atoms with van der Waals surface area (Å²) >= 11 is 3.05. The molecule has 6 nitrogen and oxygen atoms in total. The predicted molar refractivity (Wildman–Crippen MR) is 119 cm³/mol. The molecule has 0 aliphatic rings. The molecule has 0 saturated heterocycles. The van der Waals surface area contributed by atoms with E-state index in [2.05, 4.69) is 34.3 Å². The second-order valence-electron chi connectivity index (χ2n) is 6.50. The number of amides is 1. The summed E-state index contributed by atoms with van der Waals surface area (Å²) in [5, 5.41) is 15.6. The fourth-order valence-electron chi connectivity index (χ4n) is 2.71. The number of carbonyl (C=O) groups is 1. The lowest BCUT2D eigenvalue weighted by Crippen LogP contribution is -2.07. The number of nitrogens with one attached hydrogen (secondary N) is 1. The molecule has 3 rings (SSSR count). The van der Waals surface area contributed by atoms with Crippen LogP contribution in [0.25, 0.3) is 6.08 Å². The molecule has 29 heavy (non-hydrogen) atoms. The molecule has 0 atom stereocenters. The molecule has 0 bridgehead atoms. The molecule has 1 aromatic carbocycles. The first kappa shape index (κ1) is 21.1. The summed E-state index contributed by atoms with van der Waals surface area (Å²) in [4.78, 5) is 16.5. The zero-order valence-electron chi connectivity index (χ0n) is 16.7. The monoisotopic (exact) mass is 428 g/mol. The Bertz CT molecular complexity index is 959. The van der Waals surface area contributed by atoms with Crippen molar-refractivity contribution < 1.29 is 9.53 Å². The number of thiazole rings is 1. The van der Waals surface area contributed by atoms with E-state index in [0.717, 1.165) is 39.9 Å². The molecule has 0 saturated carbocycles. The summed E-state index contributed by atoms with van der Waals surface area (Å²) in [5.41, 5.74) is 1.84. The minimum absolute atomic E-state index is 0.225. The number of benzene rings is 1. The molecule has 8 heteroatoms. The number of carbonyl (C=O) groups excluding carboxylic acids is 1. The number of hydrogen-bond donors (Lipinski definition) is 1. The third kappa shape index (κ3) is 6.20. The lowest BCUT2D eigenvalue weighted by atomic mass is 10.1. The van der Waals surface area contributed by atoms with Gasteiger partial charge in [0.25, 0.3) is 0 Å². The van der Waals surface area contributed by atoms with Gasteiger partial charge in [-0.15, -0.1) is 21.5 Å². The molecule has 0 radical (unpaired) electrons. The molecule has 2 heterocycles. The van der Waals surface area contributed by atoms with Crippen LogP contribution in [0.15, 0.2) is 35.7 Å². The molecule has 0 aliphatic heterocycles. The second-order valence-corrected chi connectivity index (χ2v) is 8.57. The molecule has 1 N–H and O–H groups in total. The van der Waals surface area contributed by atoms with Crippen LogP contribution in [0.1, 0.15) is 53.9 Å². The van der Waals surface area contributed by atoms with Gasteiger partial charge in [-0.25, -0.2) is 4.98 Å². The highest BCUT2D eigenvalue weighted by molar-refractivity contribution is 7.15. The van der Waals surface area contributed by atoms with Gasteiger partial charge in [-0.05, 0) is 43.5 Å². The van der Waals surface area contributed by atoms with Crippen molar-refractivity contribution in [1.29, 1.82) is 0 Å². The Morgan fingerprint density at radius 3 is 2.62 bits per heavy atom. The number of rotatable bonds is 9. The summed E-state index contributed by atoms with van der Waals surface area (Å²) in [5.74, 6) is 0.936. The largest absolute Gasteiger partial charge is 0.487 e. The first-order valence-electron chi connectivity index (χ1n) is 9.53. The van der Waals surface area contributed by atoms with Gasteiger partial charge in [0.15, 0.2) is 0 Å². The van der Waals surface area contributed by atoms with Gasteiger partial charge in [0.1, 0.15) is 17.4 Å². The van der Waals surface area contributed by atoms with Crippen LogP contribution in [0.3, 0.4) is 0 Å². The van der Waals surface area contributed by atoms with E-state index in [-0.39, 0.29) is 5.91 Å². The summed E-state index contributed by atoms with van der Waals surface area (Å²) in [6, 6.07) is 7.57. The topological polar surface area (TPSA) is 77.0 Å². The Morgan fingerprint density at radius 2 is 1.97 bits per heavy atom. The molecule has 0 fully saturated rings. The normalized spacial score (nSPS) is 11.3. The lowest BCUT2D eigenvalue weighted by molar-refractivity contribution is -0.111. The van der Waals surface area contributed by atoms with Crippen LogP contribution in [-0.4, -0.2) is 21.1 Å². The summed E-state index contributed by atoms with van der Waals surface area (Å²) in [6.07, 6.45) is 5.28. The van der Waals surface area contributed by atoms with E-state index >= 15 is 0 Å². The molecule has 3 aromatic rings. The predicted octanol–water partition coefficient (Wildman–Crippen LogP) is 5.44. The van der Waals surface area contributed by atoms with Crippen molar-refractivity contribution in [1.82, 2.24) is 15.2 Å². The van der Waals surface area contributed by atoms with Crippen LogP contribution in [0.5, 0.6) is 5.75 Å². The van der Waals surface area contributed by atoms with Crippen molar-refractivity contribution in [3.8, 4) is 5.75 Å². The van der Waals surface area contributed by atoms with Gasteiger partial charge in [0.05, 0.1) is 10.7 Å². The van der Waals surface area contributed by atoms with Crippen molar-refractivity contribution in [3.05, 3.63) is 57.0 Å². The fraction of sp³-hybridized carbons (Fsp3) is 0.333. The molecular weight excluding hydrogens is 404 g/mol. The third-order valence-electron chi connectivity index (χ3n) is 4.37. The van der Waals surface area contributed by atoms with Gasteiger partial charge in [-0.1, -0.05) is 37.3 Å². The number of ether oxygens (including phenoxy) is 1. The third-order valence-corrected chi connectivity index (χ3v) is 6.19. The van der Waals surface area contributed by atoms with Crippen LogP contribution >= 0.6 is 22.7 Å². The van der Waals surface area contributed by atoms with E-state index in [4.69, 9.17) is 4.74 Å². The standard InChI is InChI=1S/C21H24N4O2S2/c1-4-16(5-2)20-24-25-21(29-20)23-19(26)11-8-15-6-9-18(10-7-15)27-12-17-13-28-14(3)22-17/h6-11,13,16H,4-5,12H2,1-3H3,(H,23,25,26)/b11-8+. The van der Waals surface area contributed by atoms with Gasteiger partial charge in [-0.3, -0.25) is 10.1 Å². The van der Waals surface area contributed by atoms with Crippen LogP contribution in [0.2, 0.25) is 0 Å². The second kappa shape index (κ2) is 10.3. The van der Waals surface area contributed by atoms with E-state index in [0.29, 0.717) is 17.7 Å². The Kier molecular flexibility index (Phi) is 7.48. The van der Waals surface area contributed by atoms with Crippen molar-refractivity contribution >= 4 is 39.8 Å².